The number of nitrogens with zero attached hydrogens (tertiary/aromatic N) is 5. The second-order valence-electron chi connectivity index (χ2n) is 7.98. The highest BCUT2D eigenvalue weighted by Crippen LogP contribution is 2.32. The predicted octanol–water partition coefficient (Wildman–Crippen LogP) is 4.32. The van der Waals surface area contributed by atoms with Gasteiger partial charge in [0, 0.05) is 74.8 Å². The third kappa shape index (κ3) is 7.62. The van der Waals surface area contributed by atoms with E-state index in [0.717, 1.165) is 43.2 Å². The summed E-state index contributed by atoms with van der Waals surface area (Å²) in [6, 6.07) is 9.61. The van der Waals surface area contributed by atoms with Gasteiger partial charge in [-0.2, -0.15) is 12.6 Å². The van der Waals surface area contributed by atoms with Gasteiger partial charge in [0.2, 0.25) is 5.88 Å². The Morgan fingerprint density at radius 3 is 2.25 bits per heavy atom. The second-order valence-corrected chi connectivity index (χ2v) is 8.70. The Morgan fingerprint density at radius 1 is 1.03 bits per heavy atom. The normalized spacial score (nSPS) is 17.4. The number of nitrogens with two attached hydrogens (primary N) is 1. The molecule has 2 aromatic heterocycles. The highest BCUT2D eigenvalue weighted by molar-refractivity contribution is 7.94. The summed E-state index contributed by atoms with van der Waals surface area (Å²) in [7, 11) is 1.55. The molecular weight excluding hydrogens is 506 g/mol. The summed E-state index contributed by atoms with van der Waals surface area (Å²) < 4.78 is 39.2. The van der Waals surface area contributed by atoms with Crippen LogP contribution in [-0.2, 0) is 4.74 Å². The average molecular weight is 539 g/mol. The zero-order chi connectivity index (χ0) is 26.0. The fourth-order valence-electron chi connectivity index (χ4n) is 3.82. The lowest BCUT2D eigenvalue weighted by molar-refractivity contribution is -0.0220. The molecule has 0 unspecified atom stereocenters. The molecule has 12 heteroatoms. The van der Waals surface area contributed by atoms with E-state index in [9.17, 15) is 8.78 Å². The molecule has 0 spiro atoms. The number of halogens is 2. The van der Waals surface area contributed by atoms with Gasteiger partial charge < -0.3 is 14.4 Å². The molecule has 2 fully saturated rings. The predicted molar refractivity (Wildman–Crippen MR) is 145 cm³/mol. The number of thiol groups is 1. The van der Waals surface area contributed by atoms with E-state index in [2.05, 4.69) is 31.9 Å². The molecule has 5 rings (SSSR count). The summed E-state index contributed by atoms with van der Waals surface area (Å²) in [4.78, 5) is 15.1. The molecular formula is C24H32F2N6O2S2. The van der Waals surface area contributed by atoms with Crippen LogP contribution in [0.25, 0.3) is 22.3 Å². The first-order valence-electron chi connectivity index (χ1n) is 11.5. The van der Waals surface area contributed by atoms with E-state index in [4.69, 9.17) is 14.6 Å². The average Bonchev–Trinajstić information content (AvgIpc) is 2.94. The molecule has 1 aromatic carbocycles. The van der Waals surface area contributed by atoms with Crippen molar-refractivity contribution in [1.82, 2.24) is 19.3 Å². The third-order valence-corrected chi connectivity index (χ3v) is 6.42. The van der Waals surface area contributed by atoms with E-state index in [1.807, 2.05) is 35.2 Å². The molecule has 2 aliphatic rings. The summed E-state index contributed by atoms with van der Waals surface area (Å²) in [5.74, 6) is -2.11. The van der Waals surface area contributed by atoms with Gasteiger partial charge in [-0.1, -0.05) is 12.1 Å². The number of morpholine rings is 1. The van der Waals surface area contributed by atoms with Gasteiger partial charge in [0.15, 0.2) is 5.52 Å². The minimum absolute atomic E-state index is 0.100. The Balaban J connectivity index is 0.000000305. The Kier molecular flexibility index (Phi) is 10.9. The van der Waals surface area contributed by atoms with E-state index < -0.39 is 5.92 Å². The number of fused-ring (bicyclic) bond motifs is 1. The molecule has 36 heavy (non-hydrogen) atoms. The zero-order valence-corrected chi connectivity index (χ0v) is 22.2. The lowest BCUT2D eigenvalue weighted by Gasteiger charge is -2.33. The van der Waals surface area contributed by atoms with Crippen molar-refractivity contribution in [2.24, 2.45) is 5.14 Å². The van der Waals surface area contributed by atoms with Crippen molar-refractivity contribution in [1.29, 1.82) is 0 Å². The number of methoxy groups -OCH3 is 1. The molecule has 2 saturated heterocycles. The minimum Gasteiger partial charge on any atom is -0.479 e. The van der Waals surface area contributed by atoms with Crippen LogP contribution in [0.5, 0.6) is 5.88 Å². The molecule has 4 heterocycles. The fraction of sp³-hybridized carbons (Fsp3) is 0.458. The maximum absolute atomic E-state index is 13.3. The maximum atomic E-state index is 13.3. The summed E-state index contributed by atoms with van der Waals surface area (Å²) in [5.41, 5.74) is 3.90. The highest BCUT2D eigenvalue weighted by atomic mass is 32.2. The monoisotopic (exact) mass is 538 g/mol. The molecule has 0 radical (unpaired) electrons. The Labute approximate surface area is 220 Å². The first-order valence-corrected chi connectivity index (χ1v) is 13.3. The molecule has 2 N–H and O–H groups in total. The van der Waals surface area contributed by atoms with Crippen LogP contribution in [0.2, 0.25) is 0 Å². The van der Waals surface area contributed by atoms with Crippen molar-refractivity contribution in [3.63, 3.8) is 0 Å². The first-order chi connectivity index (χ1) is 17.5. The molecule has 196 valence electrons. The lowest BCUT2D eigenvalue weighted by Crippen LogP contribution is -2.39. The van der Waals surface area contributed by atoms with Gasteiger partial charge in [-0.15, -0.1) is 0 Å². The highest BCUT2D eigenvalue weighted by Gasteiger charge is 2.34. The minimum atomic E-state index is -2.54. The molecule has 0 amide bonds. The van der Waals surface area contributed by atoms with Crippen molar-refractivity contribution in [2.75, 3.05) is 57.7 Å². The number of hydrogen-bond acceptors (Lipinski definition) is 10. The van der Waals surface area contributed by atoms with Crippen LogP contribution < -0.4 is 14.8 Å². The molecule has 0 bridgehead atoms. The molecule has 2 aliphatic heterocycles. The van der Waals surface area contributed by atoms with Crippen molar-refractivity contribution >= 4 is 41.5 Å². The number of hydrogen-bond donors (Lipinski definition) is 2. The Morgan fingerprint density at radius 2 is 1.67 bits per heavy atom. The Bertz CT molecular complexity index is 1080. The molecule has 0 saturated carbocycles. The molecule has 3 aromatic rings. The number of rotatable bonds is 4. The van der Waals surface area contributed by atoms with Crippen LogP contribution in [0.3, 0.4) is 0 Å². The Hall–Kier alpha value is -2.25. The quantitative estimate of drug-likeness (QED) is 0.372. The molecule has 0 atom stereocenters. The van der Waals surface area contributed by atoms with Gasteiger partial charge in [0.25, 0.3) is 5.92 Å². The van der Waals surface area contributed by atoms with Crippen LogP contribution >= 0.6 is 24.8 Å². The number of piperidine rings is 1. The first kappa shape index (κ1) is 28.3. The van der Waals surface area contributed by atoms with Crippen LogP contribution in [0, 0.1) is 0 Å². The summed E-state index contributed by atoms with van der Waals surface area (Å²) in [5, 5.41) is 5.29. The maximum Gasteiger partial charge on any atom is 0.251 e. The van der Waals surface area contributed by atoms with Gasteiger partial charge in [-0.05, 0) is 24.5 Å². The molecule has 0 aliphatic carbocycles. The standard InChI is InChI=1S/C19H18F2N4O.C4H10N2OS.CH4S/c1-26-18-17-16(22-8-9-23-17)12-15(24-18)13-2-4-14(5-3-13)25-10-6-19(20,21)7-11-25;5-8-6-1-3-7-4-2-6;1-2/h2-5,8-9,12H,6-7,10-11H2,1H3;1-5H2;2H,1H3. The summed E-state index contributed by atoms with van der Waals surface area (Å²) >= 11 is 4.83. The van der Waals surface area contributed by atoms with Crippen LogP contribution in [0.15, 0.2) is 42.7 Å². The van der Waals surface area contributed by atoms with Gasteiger partial charge >= 0.3 is 0 Å². The van der Waals surface area contributed by atoms with Crippen molar-refractivity contribution < 1.29 is 18.3 Å². The van der Waals surface area contributed by atoms with E-state index >= 15 is 0 Å². The van der Waals surface area contributed by atoms with Crippen LogP contribution in [0.1, 0.15) is 12.8 Å². The fourth-order valence-corrected chi connectivity index (χ4v) is 4.18. The van der Waals surface area contributed by atoms with Gasteiger partial charge in [-0.25, -0.2) is 23.1 Å². The van der Waals surface area contributed by atoms with Gasteiger partial charge in [0.1, 0.15) is 0 Å². The number of pyridine rings is 1. The van der Waals surface area contributed by atoms with E-state index in [1.54, 1.807) is 25.8 Å². The zero-order valence-electron chi connectivity index (χ0n) is 20.4. The number of aromatic nitrogens is 3. The van der Waals surface area contributed by atoms with Gasteiger partial charge in [0.05, 0.1) is 31.5 Å². The smallest absolute Gasteiger partial charge is 0.251 e. The SMILES string of the molecule is COc1nc(-c2ccc(N3CCC(F)(F)CC3)cc2)cc2nccnc12.CS.NSN1CCOCC1. The van der Waals surface area contributed by atoms with E-state index in [-0.39, 0.29) is 12.8 Å². The van der Waals surface area contributed by atoms with E-state index in [0.29, 0.717) is 30.0 Å². The number of anilines is 1. The topological polar surface area (TPSA) is 89.6 Å². The number of ether oxygens (including phenoxy) is 2. The van der Waals surface area contributed by atoms with E-state index in [1.165, 1.54) is 12.1 Å². The van der Waals surface area contributed by atoms with Crippen LogP contribution in [-0.4, -0.2) is 77.9 Å². The summed E-state index contributed by atoms with van der Waals surface area (Å²) in [6.07, 6.45) is 4.72. The van der Waals surface area contributed by atoms with Crippen LogP contribution in [0.4, 0.5) is 14.5 Å². The number of alkyl halides is 2. The largest absolute Gasteiger partial charge is 0.479 e. The van der Waals surface area contributed by atoms with Gasteiger partial charge in [-0.3, -0.25) is 10.1 Å². The lowest BCUT2D eigenvalue weighted by atomic mass is 10.0. The third-order valence-electron chi connectivity index (χ3n) is 5.76. The van der Waals surface area contributed by atoms with Crippen molar-refractivity contribution in [3.8, 4) is 17.1 Å². The number of benzene rings is 1. The summed E-state index contributed by atoms with van der Waals surface area (Å²) in [6.45, 7) is 4.30. The second kappa shape index (κ2) is 13.9. The molecule has 8 nitrogen and oxygen atoms in total. The van der Waals surface area contributed by atoms with Crippen molar-refractivity contribution in [3.05, 3.63) is 42.7 Å². The van der Waals surface area contributed by atoms with Crippen molar-refractivity contribution in [2.45, 2.75) is 18.8 Å².